The molecule has 1 saturated heterocycles. The average Bonchev–Trinajstić information content (AvgIpc) is 3.25. The number of alkyl halides is 3. The van der Waals surface area contributed by atoms with Crippen LogP contribution in [0.25, 0.3) is 11.4 Å². The van der Waals surface area contributed by atoms with E-state index in [2.05, 4.69) is 25.0 Å². The quantitative estimate of drug-likeness (QED) is 0.381. The van der Waals surface area contributed by atoms with E-state index in [-0.39, 0.29) is 23.0 Å². The Labute approximate surface area is 198 Å². The maximum Gasteiger partial charge on any atom is 0.416 e. The molecule has 1 fully saturated rings. The summed E-state index contributed by atoms with van der Waals surface area (Å²) in [5.74, 6) is 0.722. The smallest absolute Gasteiger partial charge is 0.339 e. The number of aromatic nitrogens is 4. The molecule has 1 aromatic carbocycles. The fourth-order valence-corrected chi connectivity index (χ4v) is 4.45. The third-order valence-electron chi connectivity index (χ3n) is 5.29. The summed E-state index contributed by atoms with van der Waals surface area (Å²) in [5.41, 5.74) is 1.21. The molecule has 34 heavy (non-hydrogen) atoms. The Morgan fingerprint density at radius 3 is 2.44 bits per heavy atom. The Bertz CT molecular complexity index is 1140. The third-order valence-corrected chi connectivity index (χ3v) is 6.12. The SMILES string of the molecule is Cc1cc(C)nc(SCC(=O)N2CCN(Cc3nc(-c4cccc(C(F)(F)F)c4)no3)CC2)n1. The highest BCUT2D eigenvalue weighted by molar-refractivity contribution is 7.99. The molecule has 0 saturated carbocycles. The fraction of sp³-hybridized carbons (Fsp3) is 0.409. The van der Waals surface area contributed by atoms with Crippen molar-refractivity contribution in [1.82, 2.24) is 29.9 Å². The number of rotatable bonds is 6. The van der Waals surface area contributed by atoms with Crippen LogP contribution in [0.2, 0.25) is 0 Å². The number of piperazine rings is 1. The monoisotopic (exact) mass is 492 g/mol. The number of hydrogen-bond donors (Lipinski definition) is 0. The zero-order chi connectivity index (χ0) is 24.3. The van der Waals surface area contributed by atoms with Crippen LogP contribution in [0.3, 0.4) is 0 Å². The Morgan fingerprint density at radius 2 is 1.76 bits per heavy atom. The molecule has 3 heterocycles. The van der Waals surface area contributed by atoms with Crippen molar-refractivity contribution in [1.29, 1.82) is 0 Å². The first-order valence-electron chi connectivity index (χ1n) is 10.6. The molecular weight excluding hydrogens is 469 g/mol. The van der Waals surface area contributed by atoms with Gasteiger partial charge in [-0.25, -0.2) is 9.97 Å². The predicted octanol–water partition coefficient (Wildman–Crippen LogP) is 3.60. The molecule has 12 heteroatoms. The van der Waals surface area contributed by atoms with Gasteiger partial charge < -0.3 is 9.42 Å². The molecule has 0 aliphatic carbocycles. The summed E-state index contributed by atoms with van der Waals surface area (Å²) in [7, 11) is 0. The largest absolute Gasteiger partial charge is 0.416 e. The van der Waals surface area contributed by atoms with Crippen molar-refractivity contribution < 1.29 is 22.5 Å². The van der Waals surface area contributed by atoms with Crippen molar-refractivity contribution in [3.8, 4) is 11.4 Å². The van der Waals surface area contributed by atoms with Crippen LogP contribution in [0.4, 0.5) is 13.2 Å². The number of thioether (sulfide) groups is 1. The van der Waals surface area contributed by atoms with Crippen molar-refractivity contribution >= 4 is 17.7 Å². The Kier molecular flexibility index (Phi) is 7.17. The van der Waals surface area contributed by atoms with Crippen LogP contribution < -0.4 is 0 Å². The number of amides is 1. The minimum atomic E-state index is -4.44. The van der Waals surface area contributed by atoms with Gasteiger partial charge in [0.1, 0.15) is 0 Å². The Morgan fingerprint density at radius 1 is 1.06 bits per heavy atom. The zero-order valence-corrected chi connectivity index (χ0v) is 19.5. The second-order valence-corrected chi connectivity index (χ2v) is 8.91. The minimum Gasteiger partial charge on any atom is -0.339 e. The summed E-state index contributed by atoms with van der Waals surface area (Å²) in [6, 6.07) is 6.71. The molecule has 0 radical (unpaired) electrons. The molecule has 0 atom stereocenters. The maximum atomic E-state index is 12.9. The predicted molar refractivity (Wildman–Crippen MR) is 119 cm³/mol. The van der Waals surface area contributed by atoms with Gasteiger partial charge >= 0.3 is 6.18 Å². The number of nitrogens with zero attached hydrogens (tertiary/aromatic N) is 6. The average molecular weight is 493 g/mol. The lowest BCUT2D eigenvalue weighted by molar-refractivity contribution is -0.137. The lowest BCUT2D eigenvalue weighted by Gasteiger charge is -2.33. The molecule has 4 rings (SSSR count). The first kappa shape index (κ1) is 24.1. The van der Waals surface area contributed by atoms with Gasteiger partial charge in [-0.1, -0.05) is 29.1 Å². The molecule has 1 amide bonds. The summed E-state index contributed by atoms with van der Waals surface area (Å²) in [4.78, 5) is 29.4. The first-order valence-corrected chi connectivity index (χ1v) is 11.6. The minimum absolute atomic E-state index is 0.0250. The lowest BCUT2D eigenvalue weighted by atomic mass is 10.1. The highest BCUT2D eigenvalue weighted by Crippen LogP contribution is 2.31. The van der Waals surface area contributed by atoms with Gasteiger partial charge in [-0.05, 0) is 32.0 Å². The first-order chi connectivity index (χ1) is 16.2. The van der Waals surface area contributed by atoms with Crippen molar-refractivity contribution in [2.24, 2.45) is 0 Å². The van der Waals surface area contributed by atoms with Crippen molar-refractivity contribution in [2.45, 2.75) is 31.7 Å². The van der Waals surface area contributed by atoms with Crippen LogP contribution in [0.1, 0.15) is 22.8 Å². The molecular formula is C22H23F3N6O2S. The van der Waals surface area contributed by atoms with Gasteiger partial charge in [0.25, 0.3) is 0 Å². The van der Waals surface area contributed by atoms with Gasteiger partial charge in [0, 0.05) is 43.1 Å². The summed E-state index contributed by atoms with van der Waals surface area (Å²) < 4.78 is 44.1. The van der Waals surface area contributed by atoms with Crippen LogP contribution in [0.15, 0.2) is 40.0 Å². The van der Waals surface area contributed by atoms with Crippen LogP contribution in [-0.4, -0.2) is 67.7 Å². The molecule has 180 valence electrons. The molecule has 0 unspecified atom stereocenters. The van der Waals surface area contributed by atoms with E-state index >= 15 is 0 Å². The van der Waals surface area contributed by atoms with E-state index in [1.165, 1.54) is 23.9 Å². The number of hydrogen-bond acceptors (Lipinski definition) is 8. The highest BCUT2D eigenvalue weighted by Gasteiger charge is 2.31. The summed E-state index contributed by atoms with van der Waals surface area (Å²) in [6.45, 7) is 6.51. The van der Waals surface area contributed by atoms with Crippen molar-refractivity contribution in [3.05, 3.63) is 53.2 Å². The number of halogens is 3. The maximum absolute atomic E-state index is 12.9. The van der Waals surface area contributed by atoms with E-state index in [1.54, 1.807) is 4.90 Å². The van der Waals surface area contributed by atoms with Gasteiger partial charge in [-0.2, -0.15) is 18.2 Å². The van der Waals surface area contributed by atoms with E-state index in [0.29, 0.717) is 43.8 Å². The number of aryl methyl sites for hydroxylation is 2. The van der Waals surface area contributed by atoms with Gasteiger partial charge in [-0.15, -0.1) is 0 Å². The van der Waals surface area contributed by atoms with Gasteiger partial charge in [0.2, 0.25) is 17.6 Å². The zero-order valence-electron chi connectivity index (χ0n) is 18.7. The van der Waals surface area contributed by atoms with Gasteiger partial charge in [0.15, 0.2) is 5.16 Å². The number of benzene rings is 1. The van der Waals surface area contributed by atoms with Gasteiger partial charge in [-0.3, -0.25) is 9.69 Å². The van der Waals surface area contributed by atoms with Crippen molar-refractivity contribution in [3.63, 3.8) is 0 Å². The van der Waals surface area contributed by atoms with E-state index in [0.717, 1.165) is 23.5 Å². The molecule has 1 aliphatic heterocycles. The number of carbonyl (C=O) groups excluding carboxylic acids is 1. The fourth-order valence-electron chi connectivity index (χ4n) is 3.59. The highest BCUT2D eigenvalue weighted by atomic mass is 32.2. The molecule has 0 spiro atoms. The topological polar surface area (TPSA) is 88.3 Å². The molecule has 3 aromatic rings. The van der Waals surface area contributed by atoms with Crippen LogP contribution in [0, 0.1) is 13.8 Å². The van der Waals surface area contributed by atoms with Crippen LogP contribution in [0.5, 0.6) is 0 Å². The van der Waals surface area contributed by atoms with Gasteiger partial charge in [0.05, 0.1) is 17.9 Å². The summed E-state index contributed by atoms with van der Waals surface area (Å²) in [6.07, 6.45) is -4.44. The van der Waals surface area contributed by atoms with E-state index in [4.69, 9.17) is 4.52 Å². The molecule has 2 aromatic heterocycles. The standard InChI is InChI=1S/C22H23F3N6O2S/c1-14-10-15(2)27-21(26-14)34-13-19(32)31-8-6-30(7-9-31)12-18-28-20(29-33-18)16-4-3-5-17(11-16)22(23,24)25/h3-5,10-11H,6-9,12-13H2,1-2H3. The Hall–Kier alpha value is -2.99. The van der Waals surface area contributed by atoms with E-state index < -0.39 is 11.7 Å². The molecule has 1 aliphatic rings. The summed E-state index contributed by atoms with van der Waals surface area (Å²) >= 11 is 1.33. The normalized spacial score (nSPS) is 15.0. The number of carbonyl (C=O) groups is 1. The third kappa shape index (κ3) is 6.11. The molecule has 0 bridgehead atoms. The van der Waals surface area contributed by atoms with Crippen LogP contribution in [-0.2, 0) is 17.5 Å². The van der Waals surface area contributed by atoms with Crippen molar-refractivity contribution in [2.75, 3.05) is 31.9 Å². The van der Waals surface area contributed by atoms with E-state index in [1.807, 2.05) is 19.9 Å². The summed E-state index contributed by atoms with van der Waals surface area (Å²) in [5, 5.41) is 4.42. The van der Waals surface area contributed by atoms with E-state index in [9.17, 15) is 18.0 Å². The Balaban J connectivity index is 1.27. The van der Waals surface area contributed by atoms with Crippen LogP contribution >= 0.6 is 11.8 Å². The second-order valence-electron chi connectivity index (χ2n) is 7.97. The second kappa shape index (κ2) is 10.1. The molecule has 8 nitrogen and oxygen atoms in total. The lowest BCUT2D eigenvalue weighted by Crippen LogP contribution is -2.48. The molecule has 0 N–H and O–H groups in total.